The molecule has 6 heteroatoms. The molecule has 2 fully saturated rings. The summed E-state index contributed by atoms with van der Waals surface area (Å²) in [5.74, 6) is 4.49. The molecule has 1 aromatic carbocycles. The lowest BCUT2D eigenvalue weighted by atomic mass is 9.88. The Hall–Kier alpha value is -1.82. The second-order valence-corrected chi connectivity index (χ2v) is 13.0. The predicted octanol–water partition coefficient (Wildman–Crippen LogP) is 3.54. The molecule has 1 saturated carbocycles. The van der Waals surface area contributed by atoms with Crippen molar-refractivity contribution in [2.24, 2.45) is 16.6 Å². The summed E-state index contributed by atoms with van der Waals surface area (Å²) in [7, 11) is -1.00. The average molecular weight is 414 g/mol. The quantitative estimate of drug-likeness (QED) is 0.777. The van der Waals surface area contributed by atoms with Crippen LogP contribution >= 0.6 is 10.0 Å². The minimum Gasteiger partial charge on any atom is -0.366 e. The molecular weight excluding hydrogens is 382 g/mol. The molecule has 0 unspecified atom stereocenters. The van der Waals surface area contributed by atoms with Gasteiger partial charge in [0.1, 0.15) is 11.4 Å². The van der Waals surface area contributed by atoms with Crippen LogP contribution in [0.1, 0.15) is 67.3 Å². The number of nitrogens with two attached hydrogens (primary N) is 1. The van der Waals surface area contributed by atoms with Crippen molar-refractivity contribution in [2.45, 2.75) is 68.2 Å². The fourth-order valence-electron chi connectivity index (χ4n) is 5.80. The van der Waals surface area contributed by atoms with Gasteiger partial charge in [0.2, 0.25) is 5.91 Å². The maximum absolute atomic E-state index is 13.0. The van der Waals surface area contributed by atoms with Crippen LogP contribution in [0.2, 0.25) is 0 Å². The molecule has 29 heavy (non-hydrogen) atoms. The number of fused-ring (bicyclic) bond motifs is 2. The molecule has 3 heterocycles. The minimum absolute atomic E-state index is 0.134. The van der Waals surface area contributed by atoms with E-state index in [0.717, 1.165) is 49.4 Å². The van der Waals surface area contributed by atoms with Crippen molar-refractivity contribution in [3.8, 4) is 0 Å². The van der Waals surface area contributed by atoms with Crippen molar-refractivity contribution >= 4 is 27.7 Å². The zero-order valence-electron chi connectivity index (χ0n) is 17.0. The van der Waals surface area contributed by atoms with E-state index in [2.05, 4.69) is 17.4 Å². The highest BCUT2D eigenvalue weighted by molar-refractivity contribution is 8.33. The maximum atomic E-state index is 13.0. The van der Waals surface area contributed by atoms with Gasteiger partial charge in [0.15, 0.2) is 0 Å². The molecule has 3 aliphatic heterocycles. The van der Waals surface area contributed by atoms with Gasteiger partial charge in [-0.2, -0.15) is 0 Å². The molecule has 0 atom stereocenters. The van der Waals surface area contributed by atoms with Gasteiger partial charge in [0.25, 0.3) is 5.91 Å². The number of amides is 2. The van der Waals surface area contributed by atoms with Gasteiger partial charge in [-0.25, -0.2) is 10.0 Å². The molecule has 5 rings (SSSR count). The summed E-state index contributed by atoms with van der Waals surface area (Å²) in [6.45, 7) is 0. The monoisotopic (exact) mass is 413 g/mol. The number of nitrogens with one attached hydrogen (secondary N) is 1. The fraction of sp³-hybridized carbons (Fsp3) is 0.609. The Labute approximate surface area is 174 Å². The second-order valence-electron chi connectivity index (χ2n) is 9.27. The largest absolute Gasteiger partial charge is 0.366 e. The first kappa shape index (κ1) is 19.2. The Balaban J connectivity index is 1.41. The Morgan fingerprint density at radius 3 is 2.59 bits per heavy atom. The van der Waals surface area contributed by atoms with Crippen molar-refractivity contribution in [1.82, 2.24) is 5.32 Å². The van der Waals surface area contributed by atoms with Crippen LogP contribution in [0.5, 0.6) is 0 Å². The SMILES string of the molecule is NC(=O)c1ccc2c(c1)S1(CCC2)CCC2(CC1)N=C(C1CCCCC1)NC2=O. The van der Waals surface area contributed by atoms with E-state index in [4.69, 9.17) is 10.7 Å². The molecule has 1 aromatic rings. The molecule has 156 valence electrons. The number of carbonyl (C=O) groups excluding carboxylic acids is 2. The second kappa shape index (κ2) is 7.15. The van der Waals surface area contributed by atoms with Crippen molar-refractivity contribution < 1.29 is 9.59 Å². The molecule has 4 aliphatic rings. The first-order valence-corrected chi connectivity index (χ1v) is 13.3. The molecule has 0 bridgehead atoms. The summed E-state index contributed by atoms with van der Waals surface area (Å²) in [6, 6.07) is 6.04. The molecule has 0 aromatic heterocycles. The van der Waals surface area contributed by atoms with E-state index in [0.29, 0.717) is 11.5 Å². The van der Waals surface area contributed by atoms with Gasteiger partial charge in [0.05, 0.1) is 0 Å². The van der Waals surface area contributed by atoms with Gasteiger partial charge in [-0.05, 0) is 78.4 Å². The first-order valence-electron chi connectivity index (χ1n) is 11.1. The third kappa shape index (κ3) is 3.20. The summed E-state index contributed by atoms with van der Waals surface area (Å²) in [4.78, 5) is 31.2. The normalized spacial score (nSPS) is 34.3. The van der Waals surface area contributed by atoms with Crippen LogP contribution in [-0.4, -0.2) is 40.4 Å². The molecule has 0 radical (unpaired) electrons. The molecule has 3 N–H and O–H groups in total. The molecule has 1 saturated heterocycles. The first-order chi connectivity index (χ1) is 14.0. The Morgan fingerprint density at radius 2 is 1.86 bits per heavy atom. The number of aryl methyl sites for hydroxylation is 1. The van der Waals surface area contributed by atoms with Crippen molar-refractivity contribution in [2.75, 3.05) is 17.3 Å². The molecule has 2 amide bonds. The van der Waals surface area contributed by atoms with Gasteiger partial charge in [0, 0.05) is 11.5 Å². The number of benzene rings is 1. The molecule has 2 spiro atoms. The zero-order chi connectivity index (χ0) is 20.1. The minimum atomic E-state index is -1.00. The van der Waals surface area contributed by atoms with Gasteiger partial charge < -0.3 is 11.1 Å². The van der Waals surface area contributed by atoms with Gasteiger partial charge in [-0.15, -0.1) is 0 Å². The Morgan fingerprint density at radius 1 is 1.10 bits per heavy atom. The molecule has 1 aliphatic carbocycles. The smallest absolute Gasteiger partial charge is 0.253 e. The average Bonchev–Trinajstić information content (AvgIpc) is 3.07. The number of primary amides is 1. The summed E-state index contributed by atoms with van der Waals surface area (Å²) in [6.07, 6.45) is 10.1. The number of carbonyl (C=O) groups is 2. The van der Waals surface area contributed by atoms with Crippen LogP contribution in [0, 0.1) is 5.92 Å². The highest BCUT2D eigenvalue weighted by Gasteiger charge is 2.50. The van der Waals surface area contributed by atoms with E-state index < -0.39 is 15.6 Å². The summed E-state index contributed by atoms with van der Waals surface area (Å²) < 4.78 is 0. The zero-order valence-corrected chi connectivity index (χ0v) is 17.9. The van der Waals surface area contributed by atoms with Crippen LogP contribution in [0.4, 0.5) is 0 Å². The van der Waals surface area contributed by atoms with E-state index >= 15 is 0 Å². The standard InChI is InChI=1S/C23H31N3O2S/c24-20(27)18-9-8-16-7-4-12-29(19(16)15-18)13-10-23(11-14-29)22(28)25-21(26-23)17-5-2-1-3-6-17/h8-9,15,17H,1-7,10-14H2,(H2,24,27)(H,25,26,28). The summed E-state index contributed by atoms with van der Waals surface area (Å²) >= 11 is 0. The summed E-state index contributed by atoms with van der Waals surface area (Å²) in [5.41, 5.74) is 7.03. The predicted molar refractivity (Wildman–Crippen MR) is 118 cm³/mol. The Bertz CT molecular complexity index is 880. The number of amidine groups is 1. The van der Waals surface area contributed by atoms with Gasteiger partial charge >= 0.3 is 0 Å². The topological polar surface area (TPSA) is 84.6 Å². The molecule has 5 nitrogen and oxygen atoms in total. The summed E-state index contributed by atoms with van der Waals surface area (Å²) in [5, 5.41) is 3.18. The van der Waals surface area contributed by atoms with Gasteiger partial charge in [-0.3, -0.25) is 14.6 Å². The number of rotatable bonds is 2. The van der Waals surface area contributed by atoms with Crippen molar-refractivity contribution in [3.05, 3.63) is 29.3 Å². The fourth-order valence-corrected chi connectivity index (χ4v) is 10.3. The lowest BCUT2D eigenvalue weighted by molar-refractivity contribution is -0.124. The highest BCUT2D eigenvalue weighted by Crippen LogP contribution is 2.64. The van der Waals surface area contributed by atoms with Crippen LogP contribution < -0.4 is 11.1 Å². The number of hydrogen-bond acceptors (Lipinski definition) is 3. The number of nitrogens with zero attached hydrogens (tertiary/aromatic N) is 1. The van der Waals surface area contributed by atoms with E-state index in [1.54, 1.807) is 0 Å². The number of hydrogen-bond donors (Lipinski definition) is 2. The van der Waals surface area contributed by atoms with Crippen LogP contribution in [0.25, 0.3) is 0 Å². The van der Waals surface area contributed by atoms with Gasteiger partial charge in [-0.1, -0.05) is 25.3 Å². The van der Waals surface area contributed by atoms with E-state index in [1.165, 1.54) is 41.9 Å². The molecular formula is C23H31N3O2S. The van der Waals surface area contributed by atoms with E-state index in [1.807, 2.05) is 6.07 Å². The van der Waals surface area contributed by atoms with Crippen molar-refractivity contribution in [3.63, 3.8) is 0 Å². The van der Waals surface area contributed by atoms with Crippen LogP contribution in [-0.2, 0) is 11.2 Å². The Kier molecular flexibility index (Phi) is 4.72. The third-order valence-corrected chi connectivity index (χ3v) is 12.0. The lowest BCUT2D eigenvalue weighted by Gasteiger charge is -2.50. The van der Waals surface area contributed by atoms with E-state index in [9.17, 15) is 9.59 Å². The lowest BCUT2D eigenvalue weighted by Crippen LogP contribution is -2.46. The highest BCUT2D eigenvalue weighted by atomic mass is 32.3. The maximum Gasteiger partial charge on any atom is 0.253 e. The van der Waals surface area contributed by atoms with Crippen molar-refractivity contribution in [1.29, 1.82) is 0 Å². The van der Waals surface area contributed by atoms with Crippen LogP contribution in [0.3, 0.4) is 0 Å². The third-order valence-electron chi connectivity index (χ3n) is 7.60. The number of aliphatic imine (C=N–C) groups is 1. The van der Waals surface area contributed by atoms with Crippen LogP contribution in [0.15, 0.2) is 28.1 Å². The van der Waals surface area contributed by atoms with E-state index in [-0.39, 0.29) is 11.8 Å².